The summed E-state index contributed by atoms with van der Waals surface area (Å²) in [5, 5.41) is 14.2. The number of carbonyl (C=O) groups is 1. The molecule has 1 saturated heterocycles. The molecule has 4 rings (SSSR count). The van der Waals surface area contributed by atoms with Gasteiger partial charge in [-0.05, 0) is 63.9 Å². The van der Waals surface area contributed by atoms with Crippen molar-refractivity contribution in [3.05, 3.63) is 48.0 Å². The fraction of sp³-hybridized carbons (Fsp3) is 0.375. The van der Waals surface area contributed by atoms with E-state index in [9.17, 15) is 9.90 Å². The summed E-state index contributed by atoms with van der Waals surface area (Å²) in [5.41, 5.74) is 1.99. The maximum Gasteiger partial charge on any atom is 0.407 e. The number of nitrogens with zero attached hydrogens (tertiary/aromatic N) is 3. The van der Waals surface area contributed by atoms with Crippen LogP contribution in [0.4, 0.5) is 10.6 Å². The lowest BCUT2D eigenvalue weighted by Crippen LogP contribution is -2.40. The van der Waals surface area contributed by atoms with E-state index in [-0.39, 0.29) is 13.2 Å². The Bertz CT molecular complexity index is 1130. The van der Waals surface area contributed by atoms with E-state index in [0.717, 1.165) is 35.2 Å². The highest BCUT2D eigenvalue weighted by Crippen LogP contribution is 2.33. The number of alkyl carbamates (subject to hydrolysis) is 1. The van der Waals surface area contributed by atoms with Gasteiger partial charge < -0.3 is 20.1 Å². The highest BCUT2D eigenvalue weighted by atomic mass is 16.6. The van der Waals surface area contributed by atoms with Crippen LogP contribution in [0.1, 0.15) is 34.2 Å². The Morgan fingerprint density at radius 1 is 1.23 bits per heavy atom. The summed E-state index contributed by atoms with van der Waals surface area (Å²) in [6.07, 6.45) is 0.389. The summed E-state index contributed by atoms with van der Waals surface area (Å²) in [5.74, 6) is 1.43. The van der Waals surface area contributed by atoms with Gasteiger partial charge in [0.25, 0.3) is 0 Å². The summed E-state index contributed by atoms with van der Waals surface area (Å²) in [6, 6.07) is 13.1. The van der Waals surface area contributed by atoms with Crippen LogP contribution >= 0.6 is 0 Å². The van der Waals surface area contributed by atoms with Crippen LogP contribution in [0.5, 0.6) is 5.75 Å². The van der Waals surface area contributed by atoms with Crippen LogP contribution in [0.3, 0.4) is 0 Å². The second-order valence-electron chi connectivity index (χ2n) is 8.99. The molecular formula is C24H30N4O3. The van der Waals surface area contributed by atoms with E-state index in [2.05, 4.69) is 10.2 Å². The number of aryl methyl sites for hydroxylation is 1. The first kappa shape index (κ1) is 20.9. The van der Waals surface area contributed by atoms with Crippen molar-refractivity contribution in [1.29, 1.82) is 0 Å². The average Bonchev–Trinajstić information content (AvgIpc) is 3.13. The molecule has 3 aromatic rings. The van der Waals surface area contributed by atoms with Gasteiger partial charge in [-0.2, -0.15) is 0 Å². The van der Waals surface area contributed by atoms with Gasteiger partial charge in [-0.1, -0.05) is 18.2 Å². The Labute approximate surface area is 183 Å². The molecule has 0 radical (unpaired) electrons. The molecule has 1 amide bonds. The number of aromatic nitrogens is 2. The van der Waals surface area contributed by atoms with Crippen molar-refractivity contribution in [2.75, 3.05) is 18.0 Å². The van der Waals surface area contributed by atoms with Gasteiger partial charge in [0.1, 0.15) is 17.2 Å². The summed E-state index contributed by atoms with van der Waals surface area (Å²) >= 11 is 0. The van der Waals surface area contributed by atoms with E-state index in [1.54, 1.807) is 12.1 Å². The minimum atomic E-state index is -0.532. The first-order valence-electron chi connectivity index (χ1n) is 10.5. The van der Waals surface area contributed by atoms with Gasteiger partial charge >= 0.3 is 6.09 Å². The van der Waals surface area contributed by atoms with E-state index in [4.69, 9.17) is 14.7 Å². The van der Waals surface area contributed by atoms with Crippen molar-refractivity contribution in [3.63, 3.8) is 0 Å². The Kier molecular flexibility index (Phi) is 5.43. The van der Waals surface area contributed by atoms with Gasteiger partial charge in [0, 0.05) is 19.9 Å². The van der Waals surface area contributed by atoms with Gasteiger partial charge in [0.15, 0.2) is 5.82 Å². The van der Waals surface area contributed by atoms with E-state index < -0.39 is 11.7 Å². The first-order chi connectivity index (χ1) is 14.7. The van der Waals surface area contributed by atoms with Gasteiger partial charge in [0.2, 0.25) is 0 Å². The van der Waals surface area contributed by atoms with Crippen LogP contribution in [0, 0.1) is 6.92 Å². The molecule has 2 heterocycles. The fourth-order valence-corrected chi connectivity index (χ4v) is 3.79. The van der Waals surface area contributed by atoms with Crippen molar-refractivity contribution in [2.24, 2.45) is 0 Å². The number of phenolic OH excluding ortho intramolecular Hbond substituents is 1. The number of phenols is 1. The summed E-state index contributed by atoms with van der Waals surface area (Å²) in [7, 11) is 0. The zero-order chi connectivity index (χ0) is 22.2. The molecule has 1 fully saturated rings. The molecule has 0 spiro atoms. The third kappa shape index (κ3) is 4.71. The maximum absolute atomic E-state index is 12.2. The topological polar surface area (TPSA) is 87.6 Å². The van der Waals surface area contributed by atoms with Crippen LogP contribution in [0.2, 0.25) is 0 Å². The monoisotopic (exact) mass is 422 g/mol. The van der Waals surface area contributed by atoms with E-state index >= 15 is 0 Å². The lowest BCUT2D eigenvalue weighted by Gasteiger charge is -2.23. The number of fused-ring (bicyclic) bond motifs is 1. The molecule has 1 aliphatic heterocycles. The number of ether oxygens (including phenoxy) is 1. The maximum atomic E-state index is 12.2. The molecule has 7 nitrogen and oxygen atoms in total. The molecular weight excluding hydrogens is 392 g/mol. The lowest BCUT2D eigenvalue weighted by molar-refractivity contribution is 0.0509. The molecule has 0 saturated carbocycles. The minimum Gasteiger partial charge on any atom is -0.507 e. The van der Waals surface area contributed by atoms with Crippen molar-refractivity contribution in [3.8, 4) is 17.1 Å². The molecule has 2 aromatic carbocycles. The molecule has 7 heteroatoms. The fourth-order valence-electron chi connectivity index (χ4n) is 3.79. The smallest absolute Gasteiger partial charge is 0.407 e. The van der Waals surface area contributed by atoms with Gasteiger partial charge in [-0.15, -0.1) is 0 Å². The second kappa shape index (κ2) is 8.06. The number of carbonyl (C=O) groups excluding carboxylic acids is 1. The van der Waals surface area contributed by atoms with Gasteiger partial charge in [-0.25, -0.2) is 14.8 Å². The van der Waals surface area contributed by atoms with Crippen molar-refractivity contribution >= 4 is 22.8 Å². The van der Waals surface area contributed by atoms with Crippen LogP contribution in [-0.4, -0.2) is 45.9 Å². The normalized spacial score (nSPS) is 16.5. The van der Waals surface area contributed by atoms with Crippen LogP contribution in [0.15, 0.2) is 42.5 Å². The number of para-hydroxylation sites is 1. The molecule has 2 N–H and O–H groups in total. The number of hydrogen-bond donors (Lipinski definition) is 2. The zero-order valence-corrected chi connectivity index (χ0v) is 18.3. The van der Waals surface area contributed by atoms with Crippen molar-refractivity contribution in [1.82, 2.24) is 15.3 Å². The van der Waals surface area contributed by atoms with Crippen LogP contribution < -0.4 is 10.2 Å². The Hall–Kier alpha value is -3.35. The van der Waals surface area contributed by atoms with Gasteiger partial charge in [0.05, 0.1) is 17.1 Å². The third-order valence-corrected chi connectivity index (χ3v) is 5.19. The van der Waals surface area contributed by atoms with E-state index in [0.29, 0.717) is 17.9 Å². The number of aromatic hydroxyl groups is 1. The standard InChI is InChI=1S/C24H28N4O3.H2/c1-15-9-10-17-19(13-15)26-21(18-7-5-6-8-20(18)29)27-22(17)28-12-11-16(14-28)25-23(30)31-24(2,3)4;/h5-10,13,16,29H,11-12,14H2,1-4H3,(H,25,30);1H/t16-;/m1./s1. The molecule has 1 atom stereocenters. The molecule has 164 valence electrons. The predicted octanol–water partition coefficient (Wildman–Crippen LogP) is 4.66. The Morgan fingerprint density at radius 3 is 2.74 bits per heavy atom. The summed E-state index contributed by atoms with van der Waals surface area (Å²) in [6.45, 7) is 8.95. The van der Waals surface area contributed by atoms with Crippen molar-refractivity contribution in [2.45, 2.75) is 45.8 Å². The SMILES string of the molecule is Cc1ccc2c(N3CC[C@@H](NC(=O)OC(C)(C)C)C3)nc(-c3ccccc3O)nc2c1.[HH]. The van der Waals surface area contributed by atoms with E-state index in [1.165, 1.54) is 0 Å². The third-order valence-electron chi connectivity index (χ3n) is 5.19. The molecule has 31 heavy (non-hydrogen) atoms. The zero-order valence-electron chi connectivity index (χ0n) is 18.3. The van der Waals surface area contributed by atoms with Gasteiger partial charge in [-0.3, -0.25) is 0 Å². The lowest BCUT2D eigenvalue weighted by atomic mass is 10.1. The highest BCUT2D eigenvalue weighted by molar-refractivity contribution is 5.92. The number of rotatable bonds is 3. The molecule has 0 bridgehead atoms. The number of amides is 1. The highest BCUT2D eigenvalue weighted by Gasteiger charge is 2.28. The molecule has 1 aromatic heterocycles. The largest absolute Gasteiger partial charge is 0.507 e. The summed E-state index contributed by atoms with van der Waals surface area (Å²) < 4.78 is 5.39. The van der Waals surface area contributed by atoms with Crippen LogP contribution in [0.25, 0.3) is 22.3 Å². The Morgan fingerprint density at radius 2 is 2.00 bits per heavy atom. The second-order valence-corrected chi connectivity index (χ2v) is 8.99. The molecule has 1 aliphatic rings. The molecule has 0 unspecified atom stereocenters. The predicted molar refractivity (Wildman–Crippen MR) is 123 cm³/mol. The van der Waals surface area contributed by atoms with E-state index in [1.807, 2.05) is 58.0 Å². The quantitative estimate of drug-likeness (QED) is 0.638. The number of hydrogen-bond acceptors (Lipinski definition) is 6. The Balaban J connectivity index is 0.00000289. The number of anilines is 1. The van der Waals surface area contributed by atoms with Crippen LogP contribution in [-0.2, 0) is 4.74 Å². The molecule has 0 aliphatic carbocycles. The number of benzene rings is 2. The first-order valence-corrected chi connectivity index (χ1v) is 10.5. The van der Waals surface area contributed by atoms with Crippen molar-refractivity contribution < 1.29 is 16.1 Å². The summed E-state index contributed by atoms with van der Waals surface area (Å²) in [4.78, 5) is 23.9. The number of nitrogens with one attached hydrogen (secondary N) is 1. The minimum absolute atomic E-state index is 0. The average molecular weight is 423 g/mol.